The molecule has 1 aliphatic rings. The standard InChI is InChI=1S/C37H36N2O10S2/c1-2-27(23-36-38(19-9-21-46-50(40,41)42)32-25-30(15-17-34(32)48-36)28-11-5-3-6-12-28)24-37-39(20-10-22-47-51(43,44)45)33-26-31(16-18-35(33)49-37)29-13-7-4-8-14-29/h2-8,11-18,23,25-26H,9-10,19-22,24H2,1H3,(H-,40,41,42,43,44,45)/p+1. The Morgan fingerprint density at radius 1 is 0.784 bits per heavy atom. The summed E-state index contributed by atoms with van der Waals surface area (Å²) in [5, 5.41) is 0. The van der Waals surface area contributed by atoms with Gasteiger partial charge in [-0.15, -0.1) is 0 Å². The number of aromatic nitrogens is 1. The number of fused-ring (bicyclic) bond motifs is 2. The van der Waals surface area contributed by atoms with E-state index in [4.69, 9.17) is 18.3 Å². The molecule has 5 aromatic rings. The summed E-state index contributed by atoms with van der Waals surface area (Å²) >= 11 is 0. The van der Waals surface area contributed by atoms with E-state index in [1.807, 2.05) is 126 Å². The summed E-state index contributed by atoms with van der Waals surface area (Å²) < 4.78 is 86.7. The van der Waals surface area contributed by atoms with Gasteiger partial charge in [-0.05, 0) is 59.4 Å². The molecule has 0 saturated heterocycles. The molecule has 6 rings (SSSR count). The largest absolute Gasteiger partial charge is 0.439 e. The van der Waals surface area contributed by atoms with Crippen molar-refractivity contribution < 1.29 is 48.0 Å². The Labute approximate surface area is 296 Å². The van der Waals surface area contributed by atoms with Crippen molar-refractivity contribution >= 4 is 37.6 Å². The van der Waals surface area contributed by atoms with Crippen molar-refractivity contribution in [2.24, 2.45) is 0 Å². The van der Waals surface area contributed by atoms with E-state index in [0.717, 1.165) is 39.0 Å². The molecule has 0 fully saturated rings. The summed E-state index contributed by atoms with van der Waals surface area (Å²) in [6.07, 6.45) is 4.70. The van der Waals surface area contributed by atoms with Crippen LogP contribution < -0.4 is 14.2 Å². The number of hydrogen-bond acceptors (Lipinski definition) is 9. The highest BCUT2D eigenvalue weighted by Crippen LogP contribution is 2.42. The molecule has 12 nitrogen and oxygen atoms in total. The molecule has 2 N–H and O–H groups in total. The molecule has 0 spiro atoms. The third kappa shape index (κ3) is 9.29. The molecule has 0 aliphatic carbocycles. The van der Waals surface area contributed by atoms with Gasteiger partial charge in [0.1, 0.15) is 0 Å². The average molecular weight is 734 g/mol. The molecule has 14 heteroatoms. The van der Waals surface area contributed by atoms with E-state index in [0.29, 0.717) is 42.6 Å². The number of allylic oxidation sites excluding steroid dienone is 3. The Balaban J connectivity index is 1.32. The van der Waals surface area contributed by atoms with Gasteiger partial charge in [-0.3, -0.25) is 9.11 Å². The fraction of sp³-hybridized carbons (Fsp3) is 0.216. The zero-order valence-corrected chi connectivity index (χ0v) is 29.3. The Hall–Kier alpha value is -4.83. The molecule has 1 aromatic heterocycles. The predicted octanol–water partition coefficient (Wildman–Crippen LogP) is 6.70. The highest BCUT2D eigenvalue weighted by atomic mass is 32.3. The summed E-state index contributed by atoms with van der Waals surface area (Å²) in [7, 11) is -9.16. The van der Waals surface area contributed by atoms with Crippen molar-refractivity contribution in [1.29, 1.82) is 0 Å². The van der Waals surface area contributed by atoms with Gasteiger partial charge in [0.2, 0.25) is 11.5 Å². The molecule has 4 aromatic carbocycles. The maximum absolute atomic E-state index is 11.2. The van der Waals surface area contributed by atoms with Gasteiger partial charge in [0, 0.05) is 25.1 Å². The molecule has 0 unspecified atom stereocenters. The molecule has 2 heterocycles. The topological polar surface area (TPSA) is 157 Å². The Bertz CT molecular complexity index is 2290. The van der Waals surface area contributed by atoms with E-state index in [-0.39, 0.29) is 26.1 Å². The van der Waals surface area contributed by atoms with Crippen LogP contribution in [0.15, 0.2) is 125 Å². The SMILES string of the molecule is CC=C(C=C1Oc2ccc(-c3ccccc3)cc2N1CCCOS(=O)(=O)O)Cc1oc2ccc(-c3ccccc3)cc2[n+]1CCCOS(=O)(=O)O. The number of nitrogens with zero attached hydrogens (tertiary/aromatic N) is 2. The summed E-state index contributed by atoms with van der Waals surface area (Å²) in [5.74, 6) is 1.73. The van der Waals surface area contributed by atoms with E-state index >= 15 is 0 Å². The van der Waals surface area contributed by atoms with Crippen molar-refractivity contribution in [1.82, 2.24) is 0 Å². The van der Waals surface area contributed by atoms with E-state index in [1.165, 1.54) is 0 Å². The fourth-order valence-electron chi connectivity index (χ4n) is 5.91. The molecule has 0 atom stereocenters. The van der Waals surface area contributed by atoms with Gasteiger partial charge in [0.05, 0.1) is 25.3 Å². The Morgan fingerprint density at radius 2 is 1.39 bits per heavy atom. The van der Waals surface area contributed by atoms with Crippen LogP contribution in [0.25, 0.3) is 33.4 Å². The first kappa shape index (κ1) is 36.0. The zero-order valence-electron chi connectivity index (χ0n) is 27.7. The van der Waals surface area contributed by atoms with Crippen LogP contribution in [0.4, 0.5) is 5.69 Å². The summed E-state index contributed by atoms with van der Waals surface area (Å²) in [4.78, 5) is 1.93. The van der Waals surface area contributed by atoms with Crippen LogP contribution in [0.5, 0.6) is 5.75 Å². The van der Waals surface area contributed by atoms with Gasteiger partial charge in [-0.25, -0.2) is 8.37 Å². The van der Waals surface area contributed by atoms with E-state index in [9.17, 15) is 16.8 Å². The van der Waals surface area contributed by atoms with Crippen LogP contribution >= 0.6 is 0 Å². The maximum Gasteiger partial charge on any atom is 0.397 e. The zero-order chi connectivity index (χ0) is 36.0. The summed E-state index contributed by atoms with van der Waals surface area (Å²) in [5.41, 5.74) is 7.07. The lowest BCUT2D eigenvalue weighted by Gasteiger charge is -2.19. The van der Waals surface area contributed by atoms with Crippen molar-refractivity contribution in [2.75, 3.05) is 24.7 Å². The average Bonchev–Trinajstić information content (AvgIpc) is 3.63. The molecule has 51 heavy (non-hydrogen) atoms. The lowest BCUT2D eigenvalue weighted by molar-refractivity contribution is -0.684. The molecule has 1 aliphatic heterocycles. The maximum atomic E-state index is 11.2. The molecule has 0 bridgehead atoms. The quantitative estimate of drug-likeness (QED) is 0.0670. The number of rotatable bonds is 15. The molecular formula is C37H37N2O10S2+. The lowest BCUT2D eigenvalue weighted by atomic mass is 10.0. The smallest absolute Gasteiger partial charge is 0.397 e. The van der Waals surface area contributed by atoms with Crippen molar-refractivity contribution in [3.63, 3.8) is 0 Å². The third-order valence-corrected chi connectivity index (χ3v) is 9.20. The van der Waals surface area contributed by atoms with E-state index in [1.54, 1.807) is 0 Å². The number of ether oxygens (including phenoxy) is 1. The van der Waals surface area contributed by atoms with Crippen LogP contribution in [-0.4, -0.2) is 45.7 Å². The normalized spacial score (nSPS) is 14.3. The third-order valence-electron chi connectivity index (χ3n) is 8.27. The van der Waals surface area contributed by atoms with Crippen LogP contribution in [0.3, 0.4) is 0 Å². The number of aryl methyl sites for hydroxylation is 1. The van der Waals surface area contributed by atoms with Crippen molar-refractivity contribution in [3.8, 4) is 28.0 Å². The van der Waals surface area contributed by atoms with Gasteiger partial charge < -0.3 is 14.1 Å². The minimum Gasteiger partial charge on any atom is -0.439 e. The van der Waals surface area contributed by atoms with Crippen LogP contribution in [0, 0.1) is 0 Å². The minimum absolute atomic E-state index is 0.218. The highest BCUT2D eigenvalue weighted by molar-refractivity contribution is 7.81. The van der Waals surface area contributed by atoms with E-state index in [2.05, 4.69) is 8.37 Å². The minimum atomic E-state index is -4.58. The van der Waals surface area contributed by atoms with Gasteiger partial charge in [-0.1, -0.05) is 78.9 Å². The van der Waals surface area contributed by atoms with Gasteiger partial charge >= 0.3 is 26.7 Å². The van der Waals surface area contributed by atoms with E-state index < -0.39 is 20.8 Å². The molecule has 0 amide bonds. The number of anilines is 1. The monoisotopic (exact) mass is 733 g/mol. The van der Waals surface area contributed by atoms with Crippen molar-refractivity contribution in [2.45, 2.75) is 32.7 Å². The summed E-state index contributed by atoms with van der Waals surface area (Å²) in [6, 6.07) is 31.6. The highest BCUT2D eigenvalue weighted by Gasteiger charge is 2.29. The van der Waals surface area contributed by atoms with Gasteiger partial charge in [0.25, 0.3) is 5.52 Å². The van der Waals surface area contributed by atoms with Crippen LogP contribution in [0.1, 0.15) is 25.7 Å². The second kappa shape index (κ2) is 15.6. The molecule has 0 radical (unpaired) electrons. The molecule has 0 saturated carbocycles. The molecule has 266 valence electrons. The number of oxazole rings is 1. The Kier molecular flexibility index (Phi) is 11.0. The second-order valence-corrected chi connectivity index (χ2v) is 13.9. The first-order chi connectivity index (χ1) is 24.5. The first-order valence-corrected chi connectivity index (χ1v) is 19.0. The van der Waals surface area contributed by atoms with Crippen molar-refractivity contribution in [3.05, 3.63) is 127 Å². The first-order valence-electron chi connectivity index (χ1n) is 16.2. The van der Waals surface area contributed by atoms with Gasteiger partial charge in [0.15, 0.2) is 12.3 Å². The molecular weight excluding hydrogens is 697 g/mol. The lowest BCUT2D eigenvalue weighted by Crippen LogP contribution is -2.37. The number of hydrogen-bond donors (Lipinski definition) is 2. The predicted molar refractivity (Wildman–Crippen MR) is 191 cm³/mol. The second-order valence-electron chi connectivity index (χ2n) is 11.7. The Morgan fingerprint density at radius 3 is 2.02 bits per heavy atom. The fourth-order valence-corrected chi connectivity index (χ4v) is 6.57. The van der Waals surface area contributed by atoms with Crippen LogP contribution in [0.2, 0.25) is 0 Å². The van der Waals surface area contributed by atoms with Crippen LogP contribution in [-0.2, 0) is 42.1 Å². The van der Waals surface area contributed by atoms with Gasteiger partial charge in [-0.2, -0.15) is 21.4 Å². The number of benzene rings is 4. The summed E-state index contributed by atoms with van der Waals surface area (Å²) in [6.45, 7) is 2.12.